The minimum Gasteiger partial charge on any atom is -0.293 e. The summed E-state index contributed by atoms with van der Waals surface area (Å²) in [6.45, 7) is 0. The molecule has 1 aliphatic carbocycles. The number of para-hydroxylation sites is 1. The fourth-order valence-corrected chi connectivity index (χ4v) is 2.03. The first-order valence-corrected chi connectivity index (χ1v) is 6.17. The highest BCUT2D eigenvalue weighted by atomic mass is 79.9. The minimum atomic E-state index is 0.172. The largest absolute Gasteiger partial charge is 0.293 e. The first-order valence-electron chi connectivity index (χ1n) is 5.37. The Morgan fingerprint density at radius 1 is 1.19 bits per heavy atom. The van der Waals surface area contributed by atoms with E-state index < -0.39 is 0 Å². The van der Waals surface area contributed by atoms with Crippen molar-refractivity contribution in [3.05, 3.63) is 28.7 Å². The van der Waals surface area contributed by atoms with Crippen molar-refractivity contribution >= 4 is 33.1 Å². The first-order chi connectivity index (χ1) is 7.77. The van der Waals surface area contributed by atoms with Gasteiger partial charge in [0.15, 0.2) is 5.78 Å². The number of hydrazone groups is 1. The Morgan fingerprint density at radius 3 is 2.69 bits per heavy atom. The maximum absolute atomic E-state index is 11.5. The smallest absolute Gasteiger partial charge is 0.178 e. The summed E-state index contributed by atoms with van der Waals surface area (Å²) >= 11 is 3.42. The second-order valence-electron chi connectivity index (χ2n) is 3.78. The zero-order chi connectivity index (χ0) is 11.4. The molecule has 1 aromatic carbocycles. The SMILES string of the molecule is O=C1CCCC/C1=N/Nc1ccccc1Br. The summed E-state index contributed by atoms with van der Waals surface area (Å²) in [7, 11) is 0. The van der Waals surface area contributed by atoms with Crippen molar-refractivity contribution in [3.8, 4) is 0 Å². The Hall–Kier alpha value is -1.16. The topological polar surface area (TPSA) is 41.5 Å². The van der Waals surface area contributed by atoms with Crippen molar-refractivity contribution in [3.63, 3.8) is 0 Å². The van der Waals surface area contributed by atoms with Crippen molar-refractivity contribution in [1.82, 2.24) is 0 Å². The van der Waals surface area contributed by atoms with Crippen LogP contribution in [-0.2, 0) is 4.79 Å². The van der Waals surface area contributed by atoms with Gasteiger partial charge in [-0.25, -0.2) is 0 Å². The zero-order valence-electron chi connectivity index (χ0n) is 8.87. The lowest BCUT2D eigenvalue weighted by Gasteiger charge is -2.11. The number of carbonyl (C=O) groups is 1. The van der Waals surface area contributed by atoms with Crippen LogP contribution in [0.1, 0.15) is 25.7 Å². The number of hydrogen-bond acceptors (Lipinski definition) is 3. The molecule has 3 nitrogen and oxygen atoms in total. The predicted octanol–water partition coefficient (Wildman–Crippen LogP) is 3.36. The van der Waals surface area contributed by atoms with Crippen LogP contribution in [0.5, 0.6) is 0 Å². The molecule has 84 valence electrons. The van der Waals surface area contributed by atoms with Gasteiger partial charge in [0, 0.05) is 10.9 Å². The number of Topliss-reactive ketones (excluding diaryl/α,β-unsaturated/α-hetero) is 1. The van der Waals surface area contributed by atoms with Crippen molar-refractivity contribution in [1.29, 1.82) is 0 Å². The van der Waals surface area contributed by atoms with Crippen LogP contribution in [0.4, 0.5) is 5.69 Å². The molecule has 2 rings (SSSR count). The van der Waals surface area contributed by atoms with Gasteiger partial charge in [0.05, 0.1) is 5.69 Å². The van der Waals surface area contributed by atoms with Gasteiger partial charge in [0.1, 0.15) is 5.71 Å². The van der Waals surface area contributed by atoms with E-state index in [4.69, 9.17) is 0 Å². The number of rotatable bonds is 2. The lowest BCUT2D eigenvalue weighted by molar-refractivity contribution is -0.113. The average molecular weight is 281 g/mol. The van der Waals surface area contributed by atoms with E-state index in [0.29, 0.717) is 12.1 Å². The Kier molecular flexibility index (Phi) is 3.72. The minimum absolute atomic E-state index is 0.172. The number of hydrogen-bond donors (Lipinski definition) is 1. The predicted molar refractivity (Wildman–Crippen MR) is 68.7 cm³/mol. The molecule has 0 aromatic heterocycles. The molecule has 0 heterocycles. The van der Waals surface area contributed by atoms with Crippen LogP contribution in [0, 0.1) is 0 Å². The van der Waals surface area contributed by atoms with Gasteiger partial charge in [-0.1, -0.05) is 12.1 Å². The molecule has 4 heteroatoms. The summed E-state index contributed by atoms with van der Waals surface area (Å²) < 4.78 is 0.947. The normalized spacial score (nSPS) is 18.8. The van der Waals surface area contributed by atoms with Crippen molar-refractivity contribution in [2.24, 2.45) is 5.10 Å². The molecular formula is C12H13BrN2O. The van der Waals surface area contributed by atoms with E-state index >= 15 is 0 Å². The van der Waals surface area contributed by atoms with Gasteiger partial charge in [0.25, 0.3) is 0 Å². The molecule has 0 spiro atoms. The Balaban J connectivity index is 2.08. The monoisotopic (exact) mass is 280 g/mol. The summed E-state index contributed by atoms with van der Waals surface area (Å²) in [4.78, 5) is 11.5. The van der Waals surface area contributed by atoms with Crippen LogP contribution in [0.15, 0.2) is 33.8 Å². The highest BCUT2D eigenvalue weighted by Gasteiger charge is 2.16. The van der Waals surface area contributed by atoms with Crippen LogP contribution in [0.3, 0.4) is 0 Å². The third kappa shape index (κ3) is 2.70. The van der Waals surface area contributed by atoms with Crippen LogP contribution >= 0.6 is 15.9 Å². The van der Waals surface area contributed by atoms with E-state index in [1.807, 2.05) is 24.3 Å². The Morgan fingerprint density at radius 2 is 1.94 bits per heavy atom. The Bertz CT molecular complexity index is 429. The number of anilines is 1. The van der Waals surface area contributed by atoms with Crippen molar-refractivity contribution in [2.45, 2.75) is 25.7 Å². The van der Waals surface area contributed by atoms with Gasteiger partial charge in [-0.2, -0.15) is 5.10 Å². The molecule has 0 saturated heterocycles. The number of carbonyl (C=O) groups excluding carboxylic acids is 1. The maximum atomic E-state index is 11.5. The molecule has 0 bridgehead atoms. The zero-order valence-corrected chi connectivity index (χ0v) is 10.5. The highest BCUT2D eigenvalue weighted by molar-refractivity contribution is 9.10. The number of nitrogens with zero attached hydrogens (tertiary/aromatic N) is 1. The Labute approximate surface area is 103 Å². The van der Waals surface area contributed by atoms with Crippen LogP contribution in [0.2, 0.25) is 0 Å². The molecule has 1 aromatic rings. The lowest BCUT2D eigenvalue weighted by Crippen LogP contribution is -2.19. The van der Waals surface area contributed by atoms with Gasteiger partial charge < -0.3 is 0 Å². The molecule has 1 aliphatic rings. The fourth-order valence-electron chi connectivity index (χ4n) is 1.66. The van der Waals surface area contributed by atoms with Crippen molar-refractivity contribution in [2.75, 3.05) is 5.43 Å². The van der Waals surface area contributed by atoms with E-state index in [1.165, 1.54) is 0 Å². The fraction of sp³-hybridized carbons (Fsp3) is 0.333. The molecule has 1 saturated carbocycles. The highest BCUT2D eigenvalue weighted by Crippen LogP contribution is 2.21. The van der Waals surface area contributed by atoms with Gasteiger partial charge in [-0.05, 0) is 47.3 Å². The van der Waals surface area contributed by atoms with Crippen LogP contribution < -0.4 is 5.43 Å². The molecule has 16 heavy (non-hydrogen) atoms. The molecular weight excluding hydrogens is 268 g/mol. The van der Waals surface area contributed by atoms with Gasteiger partial charge >= 0.3 is 0 Å². The van der Waals surface area contributed by atoms with E-state index in [0.717, 1.165) is 29.4 Å². The summed E-state index contributed by atoms with van der Waals surface area (Å²) in [5.74, 6) is 0.172. The standard InChI is InChI=1S/C12H13BrN2O/c13-9-5-1-2-6-10(9)14-15-11-7-3-4-8-12(11)16/h1-2,5-6,14H,3-4,7-8H2/b15-11-. The number of nitrogens with one attached hydrogen (secondary N) is 1. The third-order valence-corrected chi connectivity index (χ3v) is 3.27. The van der Waals surface area contributed by atoms with E-state index in [9.17, 15) is 4.79 Å². The van der Waals surface area contributed by atoms with Gasteiger partial charge in [0.2, 0.25) is 0 Å². The summed E-state index contributed by atoms with van der Waals surface area (Å²) in [6.07, 6.45) is 3.47. The maximum Gasteiger partial charge on any atom is 0.178 e. The number of halogens is 1. The van der Waals surface area contributed by atoms with Gasteiger partial charge in [-0.15, -0.1) is 0 Å². The summed E-state index contributed by atoms with van der Waals surface area (Å²) in [5, 5.41) is 4.18. The molecule has 1 N–H and O–H groups in total. The molecule has 0 unspecified atom stereocenters. The average Bonchev–Trinajstić information content (AvgIpc) is 2.30. The lowest BCUT2D eigenvalue weighted by atomic mass is 9.97. The first kappa shape index (κ1) is 11.3. The third-order valence-electron chi connectivity index (χ3n) is 2.57. The molecule has 0 radical (unpaired) electrons. The number of benzene rings is 1. The second-order valence-corrected chi connectivity index (χ2v) is 4.63. The van der Waals surface area contributed by atoms with Crippen molar-refractivity contribution < 1.29 is 4.79 Å². The molecule has 0 aliphatic heterocycles. The summed E-state index contributed by atoms with van der Waals surface area (Å²) in [6, 6.07) is 7.72. The van der Waals surface area contributed by atoms with Crippen LogP contribution in [-0.4, -0.2) is 11.5 Å². The molecule has 0 amide bonds. The van der Waals surface area contributed by atoms with Gasteiger partial charge in [-0.3, -0.25) is 10.2 Å². The van der Waals surface area contributed by atoms with E-state index in [1.54, 1.807) is 0 Å². The molecule has 1 fully saturated rings. The quantitative estimate of drug-likeness (QED) is 0.844. The second kappa shape index (κ2) is 5.25. The van der Waals surface area contributed by atoms with E-state index in [-0.39, 0.29) is 5.78 Å². The number of ketones is 1. The molecule has 0 atom stereocenters. The van der Waals surface area contributed by atoms with E-state index in [2.05, 4.69) is 26.5 Å². The van der Waals surface area contributed by atoms with Crippen LogP contribution in [0.25, 0.3) is 0 Å². The summed E-state index contributed by atoms with van der Waals surface area (Å²) in [5.41, 5.74) is 4.48.